The van der Waals surface area contributed by atoms with Gasteiger partial charge < -0.3 is 18.9 Å². The van der Waals surface area contributed by atoms with E-state index in [4.69, 9.17) is 18.9 Å². The van der Waals surface area contributed by atoms with Crippen LogP contribution in [0.1, 0.15) is 46.9 Å². The minimum absolute atomic E-state index is 0.00440. The minimum Gasteiger partial charge on any atom is -0.493 e. The van der Waals surface area contributed by atoms with Crippen molar-refractivity contribution >= 4 is 27.7 Å². The van der Waals surface area contributed by atoms with E-state index in [1.807, 2.05) is 13.8 Å². The zero-order chi connectivity index (χ0) is 29.2. The topological polar surface area (TPSA) is 117 Å². The minimum atomic E-state index is -3.63. The molecule has 2 aromatic carbocycles. The Morgan fingerprint density at radius 3 is 2.25 bits per heavy atom. The number of hydrogen-bond donors (Lipinski definition) is 0. The van der Waals surface area contributed by atoms with Crippen molar-refractivity contribution in [3.63, 3.8) is 0 Å². The number of methoxy groups -OCH3 is 2. The van der Waals surface area contributed by atoms with Crippen LogP contribution >= 0.6 is 0 Å². The summed E-state index contributed by atoms with van der Waals surface area (Å²) in [5.41, 5.74) is 3.11. The summed E-state index contributed by atoms with van der Waals surface area (Å²) in [6, 6.07) is 8.96. The average Bonchev–Trinajstić information content (AvgIpc) is 3.23. The van der Waals surface area contributed by atoms with Crippen LogP contribution in [-0.4, -0.2) is 58.5 Å². The Hall–Kier alpha value is -4.03. The van der Waals surface area contributed by atoms with E-state index in [2.05, 4.69) is 9.97 Å². The van der Waals surface area contributed by atoms with Gasteiger partial charge in [-0.3, -0.25) is 0 Å². The van der Waals surface area contributed by atoms with Crippen LogP contribution in [0, 0.1) is 5.82 Å². The highest BCUT2D eigenvalue weighted by atomic mass is 32.2. The predicted octanol–water partition coefficient (Wildman–Crippen LogP) is 4.55. The van der Waals surface area contributed by atoms with Crippen molar-refractivity contribution in [1.29, 1.82) is 0 Å². The molecule has 0 radical (unpaired) electrons. The smallest absolute Gasteiger partial charge is 0.344 e. The SMILES string of the molecule is COc1cc2c(cc1OC)/C(=C/COCc1c(-c3ccc(F)cc3)nc(N(C)S(C)(=O)=O)nc1C(C)C)OC2=O. The van der Waals surface area contributed by atoms with Gasteiger partial charge in [-0.05, 0) is 48.4 Å². The van der Waals surface area contributed by atoms with Crippen LogP contribution in [0.25, 0.3) is 17.0 Å². The van der Waals surface area contributed by atoms with Gasteiger partial charge in [0, 0.05) is 23.7 Å². The first-order chi connectivity index (χ1) is 18.9. The van der Waals surface area contributed by atoms with Crippen molar-refractivity contribution in [3.8, 4) is 22.8 Å². The fourth-order valence-electron chi connectivity index (χ4n) is 4.15. The number of sulfonamides is 1. The summed E-state index contributed by atoms with van der Waals surface area (Å²) < 4.78 is 61.2. The maximum absolute atomic E-state index is 13.7. The number of esters is 1. The first-order valence-electron chi connectivity index (χ1n) is 12.3. The van der Waals surface area contributed by atoms with Gasteiger partial charge in [-0.25, -0.2) is 31.9 Å². The highest BCUT2D eigenvalue weighted by Gasteiger charge is 2.29. The van der Waals surface area contributed by atoms with E-state index in [1.165, 1.54) is 33.4 Å². The monoisotopic (exact) mass is 571 g/mol. The van der Waals surface area contributed by atoms with E-state index in [1.54, 1.807) is 30.3 Å². The predicted molar refractivity (Wildman–Crippen MR) is 147 cm³/mol. The summed E-state index contributed by atoms with van der Waals surface area (Å²) in [6.45, 7) is 3.97. The van der Waals surface area contributed by atoms with Gasteiger partial charge in [0.05, 0.1) is 50.6 Å². The number of fused-ring (bicyclic) bond motifs is 1. The summed E-state index contributed by atoms with van der Waals surface area (Å²) in [5, 5.41) is 0. The number of halogens is 1. The fraction of sp³-hybridized carbons (Fsp3) is 0.321. The fourth-order valence-corrected chi connectivity index (χ4v) is 4.53. The number of carbonyl (C=O) groups excluding carboxylic acids is 1. The Kier molecular flexibility index (Phi) is 8.40. The number of nitrogens with zero attached hydrogens (tertiary/aromatic N) is 3. The van der Waals surface area contributed by atoms with Crippen LogP contribution < -0.4 is 13.8 Å². The second kappa shape index (κ2) is 11.6. The molecule has 212 valence electrons. The molecule has 0 saturated heterocycles. The molecular weight excluding hydrogens is 541 g/mol. The second-order valence-corrected chi connectivity index (χ2v) is 11.4. The molecule has 10 nitrogen and oxygen atoms in total. The second-order valence-electron chi connectivity index (χ2n) is 9.35. The number of hydrogen-bond acceptors (Lipinski definition) is 9. The molecule has 1 aliphatic rings. The zero-order valence-corrected chi connectivity index (χ0v) is 23.8. The highest BCUT2D eigenvalue weighted by molar-refractivity contribution is 7.92. The number of cyclic esters (lactones) is 1. The molecule has 2 heterocycles. The molecule has 1 aromatic heterocycles. The molecule has 0 atom stereocenters. The lowest BCUT2D eigenvalue weighted by molar-refractivity contribution is 0.0713. The molecule has 0 N–H and O–H groups in total. The van der Waals surface area contributed by atoms with Gasteiger partial charge in [0.1, 0.15) is 11.6 Å². The molecule has 0 bridgehead atoms. The Labute approximate surface area is 232 Å². The van der Waals surface area contributed by atoms with Crippen molar-refractivity contribution < 1.29 is 36.6 Å². The molecule has 0 spiro atoms. The maximum Gasteiger partial charge on any atom is 0.344 e. The van der Waals surface area contributed by atoms with Gasteiger partial charge in [0.25, 0.3) is 0 Å². The summed E-state index contributed by atoms with van der Waals surface area (Å²) in [7, 11) is 0.720. The van der Waals surface area contributed by atoms with Crippen LogP contribution in [0.15, 0.2) is 42.5 Å². The standard InChI is InChI=1S/C28H30FN3O7S/c1-16(2)25-21(26(17-7-9-18(29)10-8-17)31-28(30-25)32(3)40(6,34)35)15-38-12-11-22-19-13-23(36-4)24(37-5)14-20(19)27(33)39-22/h7-11,13-14,16H,12,15H2,1-6H3/b22-11-. The summed E-state index contributed by atoms with van der Waals surface area (Å²) in [5.74, 6) is 0.141. The van der Waals surface area contributed by atoms with Gasteiger partial charge >= 0.3 is 5.97 Å². The molecule has 0 aliphatic carbocycles. The van der Waals surface area contributed by atoms with Crippen molar-refractivity contribution in [1.82, 2.24) is 9.97 Å². The summed E-state index contributed by atoms with van der Waals surface area (Å²) >= 11 is 0. The lowest BCUT2D eigenvalue weighted by Gasteiger charge is -2.21. The van der Waals surface area contributed by atoms with Gasteiger partial charge in [0.15, 0.2) is 11.5 Å². The van der Waals surface area contributed by atoms with Gasteiger partial charge in [-0.1, -0.05) is 13.8 Å². The van der Waals surface area contributed by atoms with E-state index in [-0.39, 0.29) is 25.1 Å². The van der Waals surface area contributed by atoms with Crippen molar-refractivity contribution in [3.05, 3.63) is 70.7 Å². The van der Waals surface area contributed by atoms with Gasteiger partial charge in [0.2, 0.25) is 16.0 Å². The first kappa shape index (κ1) is 29.0. The third-order valence-corrected chi connectivity index (χ3v) is 7.47. The van der Waals surface area contributed by atoms with Crippen LogP contribution in [0.5, 0.6) is 11.5 Å². The normalized spacial score (nSPS) is 13.9. The zero-order valence-electron chi connectivity index (χ0n) is 23.0. The van der Waals surface area contributed by atoms with Crippen molar-refractivity contribution in [2.75, 3.05) is 38.4 Å². The lowest BCUT2D eigenvalue weighted by atomic mass is 9.99. The van der Waals surface area contributed by atoms with E-state index in [0.29, 0.717) is 50.9 Å². The van der Waals surface area contributed by atoms with Gasteiger partial charge in [-0.2, -0.15) is 0 Å². The van der Waals surface area contributed by atoms with E-state index >= 15 is 0 Å². The Morgan fingerprint density at radius 2 is 1.68 bits per heavy atom. The lowest BCUT2D eigenvalue weighted by Crippen LogP contribution is -2.28. The number of rotatable bonds is 10. The number of anilines is 1. The third kappa shape index (κ3) is 5.92. The average molecular weight is 572 g/mol. The van der Waals surface area contributed by atoms with Gasteiger partial charge in [-0.15, -0.1) is 0 Å². The number of carbonyl (C=O) groups is 1. The molecular formula is C28H30FN3O7S. The van der Waals surface area contributed by atoms with Crippen LogP contribution in [0.2, 0.25) is 0 Å². The van der Waals surface area contributed by atoms with Crippen LogP contribution in [0.3, 0.4) is 0 Å². The first-order valence-corrected chi connectivity index (χ1v) is 14.2. The molecule has 12 heteroatoms. The van der Waals surface area contributed by atoms with Crippen LogP contribution in [-0.2, 0) is 26.1 Å². The molecule has 0 fully saturated rings. The molecule has 0 unspecified atom stereocenters. The molecule has 4 rings (SSSR count). The molecule has 3 aromatic rings. The maximum atomic E-state index is 13.7. The molecule has 40 heavy (non-hydrogen) atoms. The number of ether oxygens (including phenoxy) is 4. The summed E-state index contributed by atoms with van der Waals surface area (Å²) in [6.07, 6.45) is 2.70. The van der Waals surface area contributed by atoms with Crippen molar-refractivity contribution in [2.45, 2.75) is 26.4 Å². The summed E-state index contributed by atoms with van der Waals surface area (Å²) in [4.78, 5) is 21.5. The number of benzene rings is 2. The molecule has 1 aliphatic heterocycles. The molecule has 0 amide bonds. The van der Waals surface area contributed by atoms with Crippen molar-refractivity contribution in [2.24, 2.45) is 0 Å². The molecule has 0 saturated carbocycles. The largest absolute Gasteiger partial charge is 0.493 e. The highest BCUT2D eigenvalue weighted by Crippen LogP contribution is 2.38. The van der Waals surface area contributed by atoms with Crippen LogP contribution in [0.4, 0.5) is 10.3 Å². The Bertz CT molecular complexity index is 1570. The van der Waals surface area contributed by atoms with E-state index in [0.717, 1.165) is 10.6 Å². The number of aromatic nitrogens is 2. The van der Waals surface area contributed by atoms with E-state index < -0.39 is 21.8 Å². The Morgan fingerprint density at radius 1 is 1.05 bits per heavy atom. The van der Waals surface area contributed by atoms with E-state index in [9.17, 15) is 17.6 Å². The third-order valence-electron chi connectivity index (χ3n) is 6.32. The quantitative estimate of drug-likeness (QED) is 0.255. The Balaban J connectivity index is 1.67.